The van der Waals surface area contributed by atoms with Crippen molar-refractivity contribution in [1.29, 1.82) is 0 Å². The molecule has 0 aromatic heterocycles. The second-order valence-corrected chi connectivity index (χ2v) is 3.71. The van der Waals surface area contributed by atoms with Crippen molar-refractivity contribution >= 4 is 0 Å². The molecule has 0 spiro atoms. The average Bonchev–Trinajstić information content (AvgIpc) is 2.41. The van der Waals surface area contributed by atoms with E-state index in [-0.39, 0.29) is 0 Å². The van der Waals surface area contributed by atoms with Crippen LogP contribution in [0.1, 0.15) is 31.9 Å². The maximum absolute atomic E-state index is 3.45. The van der Waals surface area contributed by atoms with E-state index in [4.69, 9.17) is 0 Å². The van der Waals surface area contributed by atoms with Crippen LogP contribution in [0.2, 0.25) is 0 Å². The molecule has 1 aromatic carbocycles. The summed E-state index contributed by atoms with van der Waals surface area (Å²) in [5.41, 5.74) is 3.00. The molecule has 1 heteroatoms. The smallest absolute Gasteiger partial charge is 0.0208 e. The third-order valence-corrected chi connectivity index (χ3v) is 2.50. The summed E-state index contributed by atoms with van der Waals surface area (Å²) in [5.74, 6) is 0.772. The summed E-state index contributed by atoms with van der Waals surface area (Å²) in [6.07, 6.45) is 1.23. The minimum Gasteiger partial charge on any atom is -0.312 e. The molecule has 1 aliphatic rings. The Morgan fingerprint density at radius 1 is 1.14 bits per heavy atom. The molecule has 0 aliphatic carbocycles. The summed E-state index contributed by atoms with van der Waals surface area (Å²) >= 11 is 0. The first-order valence-corrected chi connectivity index (χ1v) is 5.64. The zero-order valence-electron chi connectivity index (χ0n) is 9.51. The first-order valence-electron chi connectivity index (χ1n) is 5.64. The summed E-state index contributed by atoms with van der Waals surface area (Å²) in [7, 11) is 0. The monoisotopic (exact) mass is 191 g/mol. The van der Waals surface area contributed by atoms with E-state index in [0.29, 0.717) is 0 Å². The third-order valence-electron chi connectivity index (χ3n) is 2.50. The summed E-state index contributed by atoms with van der Waals surface area (Å²) in [6.45, 7) is 8.49. The van der Waals surface area contributed by atoms with Crippen LogP contribution in [-0.4, -0.2) is 6.54 Å². The molecule has 1 aromatic rings. The topological polar surface area (TPSA) is 12.0 Å². The standard InChI is InChI=1S/C11H15N.C2H6/c1-9-6-10-4-2-3-5-11(10)8-12-7-9;1-2/h2-5,9,12H,6-8H2,1H3;1-2H3. The van der Waals surface area contributed by atoms with Crippen molar-refractivity contribution in [2.45, 2.75) is 33.7 Å². The average molecular weight is 191 g/mol. The van der Waals surface area contributed by atoms with Gasteiger partial charge in [0.15, 0.2) is 0 Å². The van der Waals surface area contributed by atoms with E-state index in [2.05, 4.69) is 36.5 Å². The summed E-state index contributed by atoms with van der Waals surface area (Å²) in [6, 6.07) is 8.73. The van der Waals surface area contributed by atoms with E-state index in [0.717, 1.165) is 19.0 Å². The van der Waals surface area contributed by atoms with Gasteiger partial charge in [-0.15, -0.1) is 0 Å². The molecule has 1 heterocycles. The molecule has 1 aliphatic heterocycles. The molecule has 0 amide bonds. The van der Waals surface area contributed by atoms with Gasteiger partial charge in [0, 0.05) is 6.54 Å². The summed E-state index contributed by atoms with van der Waals surface area (Å²) in [5, 5.41) is 3.45. The Kier molecular flexibility index (Phi) is 4.68. The lowest BCUT2D eigenvalue weighted by molar-refractivity contribution is 0.533. The first kappa shape index (κ1) is 11.3. The highest BCUT2D eigenvalue weighted by Gasteiger charge is 2.10. The fourth-order valence-electron chi connectivity index (χ4n) is 1.83. The number of hydrogen-bond donors (Lipinski definition) is 1. The van der Waals surface area contributed by atoms with E-state index in [9.17, 15) is 0 Å². The lowest BCUT2D eigenvalue weighted by atomic mass is 9.99. The highest BCUT2D eigenvalue weighted by atomic mass is 14.9. The van der Waals surface area contributed by atoms with Crippen LogP contribution >= 0.6 is 0 Å². The normalized spacial score (nSPS) is 20.1. The van der Waals surface area contributed by atoms with Gasteiger partial charge in [-0.25, -0.2) is 0 Å². The molecular weight excluding hydrogens is 170 g/mol. The van der Waals surface area contributed by atoms with Gasteiger partial charge in [0.25, 0.3) is 0 Å². The van der Waals surface area contributed by atoms with Crippen molar-refractivity contribution in [3.05, 3.63) is 35.4 Å². The van der Waals surface area contributed by atoms with Crippen LogP contribution in [0.4, 0.5) is 0 Å². The van der Waals surface area contributed by atoms with E-state index >= 15 is 0 Å². The van der Waals surface area contributed by atoms with E-state index in [1.54, 1.807) is 0 Å². The van der Waals surface area contributed by atoms with E-state index in [1.165, 1.54) is 17.5 Å². The Bertz CT molecular complexity index is 268. The van der Waals surface area contributed by atoms with Crippen molar-refractivity contribution in [1.82, 2.24) is 5.32 Å². The second-order valence-electron chi connectivity index (χ2n) is 3.71. The van der Waals surface area contributed by atoms with E-state index < -0.39 is 0 Å². The largest absolute Gasteiger partial charge is 0.312 e. The molecule has 2 rings (SSSR count). The Morgan fingerprint density at radius 2 is 1.79 bits per heavy atom. The highest BCUT2D eigenvalue weighted by molar-refractivity contribution is 5.28. The molecule has 1 nitrogen and oxygen atoms in total. The minimum atomic E-state index is 0.772. The zero-order chi connectivity index (χ0) is 10.4. The molecule has 1 unspecified atom stereocenters. The lowest BCUT2D eigenvalue weighted by Gasteiger charge is -2.06. The van der Waals surface area contributed by atoms with Crippen LogP contribution in [0.25, 0.3) is 0 Å². The number of benzene rings is 1. The van der Waals surface area contributed by atoms with Crippen molar-refractivity contribution < 1.29 is 0 Å². The fraction of sp³-hybridized carbons (Fsp3) is 0.538. The maximum Gasteiger partial charge on any atom is 0.0208 e. The first-order chi connectivity index (χ1) is 6.86. The predicted octanol–water partition coefficient (Wildman–Crippen LogP) is 2.99. The third kappa shape index (κ3) is 2.85. The Morgan fingerprint density at radius 3 is 2.50 bits per heavy atom. The van der Waals surface area contributed by atoms with Gasteiger partial charge in [-0.1, -0.05) is 45.0 Å². The van der Waals surface area contributed by atoms with Crippen LogP contribution in [0, 0.1) is 5.92 Å². The molecule has 1 atom stereocenters. The molecule has 14 heavy (non-hydrogen) atoms. The minimum absolute atomic E-state index is 0.772. The van der Waals surface area contributed by atoms with Crippen LogP contribution in [0.15, 0.2) is 24.3 Å². The van der Waals surface area contributed by atoms with Crippen molar-refractivity contribution in [3.63, 3.8) is 0 Å². The summed E-state index contributed by atoms with van der Waals surface area (Å²) < 4.78 is 0. The number of nitrogens with one attached hydrogen (secondary N) is 1. The zero-order valence-corrected chi connectivity index (χ0v) is 9.51. The van der Waals surface area contributed by atoms with Gasteiger partial charge < -0.3 is 5.32 Å². The summed E-state index contributed by atoms with van der Waals surface area (Å²) in [4.78, 5) is 0. The van der Waals surface area contributed by atoms with Crippen LogP contribution in [-0.2, 0) is 13.0 Å². The van der Waals surface area contributed by atoms with Crippen LogP contribution < -0.4 is 5.32 Å². The Labute approximate surface area is 87.5 Å². The Balaban J connectivity index is 0.000000461. The van der Waals surface area contributed by atoms with Gasteiger partial charge in [-0.2, -0.15) is 0 Å². The molecule has 0 saturated heterocycles. The van der Waals surface area contributed by atoms with Gasteiger partial charge in [0.05, 0.1) is 0 Å². The van der Waals surface area contributed by atoms with Gasteiger partial charge in [0.2, 0.25) is 0 Å². The number of rotatable bonds is 0. The maximum atomic E-state index is 3.45. The van der Waals surface area contributed by atoms with Crippen molar-refractivity contribution in [2.75, 3.05) is 6.54 Å². The Hall–Kier alpha value is -0.820. The fourth-order valence-corrected chi connectivity index (χ4v) is 1.83. The van der Waals surface area contributed by atoms with Crippen molar-refractivity contribution in [3.8, 4) is 0 Å². The molecule has 0 bridgehead atoms. The van der Waals surface area contributed by atoms with Gasteiger partial charge in [-0.3, -0.25) is 0 Å². The molecule has 1 N–H and O–H groups in total. The van der Waals surface area contributed by atoms with Gasteiger partial charge >= 0.3 is 0 Å². The molecule has 0 radical (unpaired) electrons. The van der Waals surface area contributed by atoms with Crippen molar-refractivity contribution in [2.24, 2.45) is 5.92 Å². The van der Waals surface area contributed by atoms with Crippen LogP contribution in [0.5, 0.6) is 0 Å². The second kappa shape index (κ2) is 5.82. The lowest BCUT2D eigenvalue weighted by Crippen LogP contribution is -2.17. The quantitative estimate of drug-likeness (QED) is 0.664. The highest BCUT2D eigenvalue weighted by Crippen LogP contribution is 2.16. The molecular formula is C13H21N. The van der Waals surface area contributed by atoms with E-state index in [1.807, 2.05) is 13.8 Å². The van der Waals surface area contributed by atoms with Gasteiger partial charge in [0.1, 0.15) is 0 Å². The number of fused-ring (bicyclic) bond motifs is 1. The SMILES string of the molecule is CC.CC1CNCc2ccccc2C1. The number of hydrogen-bond acceptors (Lipinski definition) is 1. The molecule has 78 valence electrons. The molecule has 0 fully saturated rings. The predicted molar refractivity (Wildman–Crippen MR) is 62.4 cm³/mol. The van der Waals surface area contributed by atoms with Crippen LogP contribution in [0.3, 0.4) is 0 Å². The molecule has 0 saturated carbocycles. The van der Waals surface area contributed by atoms with Gasteiger partial charge in [-0.05, 0) is 30.0 Å².